The number of hydrogen-bond donors (Lipinski definition) is 1. The van der Waals surface area contributed by atoms with E-state index < -0.39 is 15.9 Å². The first-order valence-corrected chi connectivity index (χ1v) is 10.8. The van der Waals surface area contributed by atoms with Crippen LogP contribution < -0.4 is 10.1 Å². The summed E-state index contributed by atoms with van der Waals surface area (Å²) >= 11 is 12.0. The number of nitrogens with zero attached hydrogens (tertiary/aromatic N) is 1. The molecule has 2 aromatic carbocycles. The fraction of sp³-hybridized carbons (Fsp3) is 0.316. The van der Waals surface area contributed by atoms with Crippen molar-refractivity contribution in [2.24, 2.45) is 0 Å². The third-order valence-electron chi connectivity index (χ3n) is 4.20. The molecule has 0 bridgehead atoms. The predicted octanol–water partition coefficient (Wildman–Crippen LogP) is 3.96. The molecule has 0 radical (unpaired) electrons. The van der Waals surface area contributed by atoms with Crippen molar-refractivity contribution in [3.05, 3.63) is 57.6 Å². The number of ether oxygens (including phenoxy) is 1. The van der Waals surface area contributed by atoms with Gasteiger partial charge in [-0.1, -0.05) is 43.1 Å². The van der Waals surface area contributed by atoms with E-state index in [-0.39, 0.29) is 22.8 Å². The van der Waals surface area contributed by atoms with Gasteiger partial charge in [-0.2, -0.15) is 4.31 Å². The molecule has 0 aliphatic rings. The molecule has 152 valence electrons. The Kier molecular flexibility index (Phi) is 7.71. The van der Waals surface area contributed by atoms with Crippen molar-refractivity contribution in [1.82, 2.24) is 9.62 Å². The molecule has 2 rings (SSSR count). The molecule has 0 aliphatic heterocycles. The van der Waals surface area contributed by atoms with E-state index in [1.54, 1.807) is 32.0 Å². The lowest BCUT2D eigenvalue weighted by molar-refractivity contribution is 0.0950. The lowest BCUT2D eigenvalue weighted by Gasteiger charge is -2.20. The topological polar surface area (TPSA) is 75.7 Å². The molecule has 28 heavy (non-hydrogen) atoms. The molecule has 1 N–H and O–H groups in total. The van der Waals surface area contributed by atoms with Crippen molar-refractivity contribution in [3.63, 3.8) is 0 Å². The third-order valence-corrected chi connectivity index (χ3v) is 6.86. The van der Waals surface area contributed by atoms with E-state index in [0.717, 1.165) is 0 Å². The van der Waals surface area contributed by atoms with Gasteiger partial charge in [-0.25, -0.2) is 8.42 Å². The van der Waals surface area contributed by atoms with Gasteiger partial charge in [0.25, 0.3) is 5.91 Å². The first-order valence-electron chi connectivity index (χ1n) is 8.64. The molecule has 0 spiro atoms. The van der Waals surface area contributed by atoms with Crippen LogP contribution in [0.5, 0.6) is 5.75 Å². The molecule has 6 nitrogen and oxygen atoms in total. The Morgan fingerprint density at radius 2 is 1.79 bits per heavy atom. The first kappa shape index (κ1) is 22.5. The van der Waals surface area contributed by atoms with E-state index in [0.29, 0.717) is 28.7 Å². The summed E-state index contributed by atoms with van der Waals surface area (Å²) in [5.74, 6) is -0.242. The Balaban J connectivity index is 2.30. The number of benzene rings is 2. The van der Waals surface area contributed by atoms with Crippen LogP contribution in [0.15, 0.2) is 41.3 Å². The predicted molar refractivity (Wildman–Crippen MR) is 111 cm³/mol. The van der Waals surface area contributed by atoms with Gasteiger partial charge in [-0.3, -0.25) is 4.79 Å². The average Bonchev–Trinajstić information content (AvgIpc) is 2.67. The van der Waals surface area contributed by atoms with Gasteiger partial charge in [0.05, 0.1) is 7.11 Å². The molecule has 0 saturated heterocycles. The molecule has 0 aromatic heterocycles. The van der Waals surface area contributed by atoms with Crippen molar-refractivity contribution in [1.29, 1.82) is 0 Å². The van der Waals surface area contributed by atoms with Gasteiger partial charge in [0.15, 0.2) is 0 Å². The Morgan fingerprint density at radius 3 is 2.36 bits per heavy atom. The number of hydrogen-bond acceptors (Lipinski definition) is 4. The number of methoxy groups -OCH3 is 1. The minimum absolute atomic E-state index is 0.0455. The van der Waals surface area contributed by atoms with Crippen molar-refractivity contribution < 1.29 is 17.9 Å². The molecule has 0 aliphatic carbocycles. The quantitative estimate of drug-likeness (QED) is 0.668. The highest BCUT2D eigenvalue weighted by Crippen LogP contribution is 2.28. The molecule has 0 heterocycles. The van der Waals surface area contributed by atoms with Crippen molar-refractivity contribution >= 4 is 39.1 Å². The van der Waals surface area contributed by atoms with Crippen LogP contribution in [0.1, 0.15) is 29.8 Å². The van der Waals surface area contributed by atoms with Crippen LogP contribution in [0.2, 0.25) is 10.0 Å². The van der Waals surface area contributed by atoms with Crippen molar-refractivity contribution in [2.75, 3.05) is 20.2 Å². The average molecular weight is 445 g/mol. The number of halogens is 2. The SMILES string of the molecule is CCN(CC)S(=O)(=O)c1cc(C(=O)NCc2ccc(Cl)cc2Cl)ccc1OC. The molecule has 0 fully saturated rings. The van der Waals surface area contributed by atoms with Crippen LogP contribution in [0.4, 0.5) is 0 Å². The summed E-state index contributed by atoms with van der Waals surface area (Å²) in [5, 5.41) is 3.67. The fourth-order valence-corrected chi connectivity index (χ4v) is 4.78. The Morgan fingerprint density at radius 1 is 1.11 bits per heavy atom. The van der Waals surface area contributed by atoms with Gasteiger partial charge >= 0.3 is 0 Å². The Labute approximate surface area is 175 Å². The van der Waals surface area contributed by atoms with Crippen LogP contribution in [0, 0.1) is 0 Å². The minimum Gasteiger partial charge on any atom is -0.495 e. The van der Waals surface area contributed by atoms with E-state index in [1.807, 2.05) is 0 Å². The maximum Gasteiger partial charge on any atom is 0.251 e. The molecular formula is C19H22Cl2N2O4S. The van der Waals surface area contributed by atoms with Crippen LogP contribution in [0.3, 0.4) is 0 Å². The molecule has 1 amide bonds. The number of sulfonamides is 1. The minimum atomic E-state index is -3.79. The molecular weight excluding hydrogens is 423 g/mol. The van der Waals surface area contributed by atoms with Crippen LogP contribution in [0.25, 0.3) is 0 Å². The van der Waals surface area contributed by atoms with Crippen LogP contribution >= 0.6 is 23.2 Å². The zero-order chi connectivity index (χ0) is 20.9. The van der Waals surface area contributed by atoms with Crippen molar-refractivity contribution in [3.8, 4) is 5.75 Å². The summed E-state index contributed by atoms with van der Waals surface area (Å²) < 4.78 is 32.3. The summed E-state index contributed by atoms with van der Waals surface area (Å²) in [6.45, 7) is 4.31. The van der Waals surface area contributed by atoms with E-state index in [9.17, 15) is 13.2 Å². The van der Waals surface area contributed by atoms with E-state index in [1.165, 1.54) is 29.6 Å². The standard InChI is InChI=1S/C19H22Cl2N2O4S/c1-4-23(5-2)28(25,26)18-10-13(7-9-17(18)27-3)19(24)22-12-14-6-8-15(20)11-16(14)21/h6-11H,4-5,12H2,1-3H3,(H,22,24). The Bertz CT molecular complexity index is 960. The normalized spacial score (nSPS) is 11.5. The Hall–Kier alpha value is -1.80. The van der Waals surface area contributed by atoms with Gasteiger partial charge in [0, 0.05) is 35.2 Å². The zero-order valence-corrected chi connectivity index (χ0v) is 18.2. The monoisotopic (exact) mass is 444 g/mol. The highest BCUT2D eigenvalue weighted by Gasteiger charge is 2.26. The van der Waals surface area contributed by atoms with Crippen LogP contribution in [-0.2, 0) is 16.6 Å². The first-order chi connectivity index (χ1) is 13.2. The summed E-state index contributed by atoms with van der Waals surface area (Å²) in [6.07, 6.45) is 0. The highest BCUT2D eigenvalue weighted by atomic mass is 35.5. The van der Waals surface area contributed by atoms with E-state index >= 15 is 0 Å². The molecule has 0 unspecified atom stereocenters. The molecule has 0 atom stereocenters. The molecule has 2 aromatic rings. The second-order valence-corrected chi connectivity index (χ2v) is 8.62. The number of carbonyl (C=O) groups is 1. The lowest BCUT2D eigenvalue weighted by atomic mass is 10.2. The summed E-state index contributed by atoms with van der Waals surface area (Å²) in [4.78, 5) is 12.5. The largest absolute Gasteiger partial charge is 0.495 e. The van der Waals surface area contributed by atoms with Gasteiger partial charge in [0.1, 0.15) is 10.6 Å². The van der Waals surface area contributed by atoms with Crippen LogP contribution in [-0.4, -0.2) is 38.8 Å². The molecule has 0 saturated carbocycles. The van der Waals surface area contributed by atoms with Gasteiger partial charge in [0.2, 0.25) is 10.0 Å². The summed E-state index contributed by atoms with van der Waals surface area (Å²) in [6, 6.07) is 9.30. The highest BCUT2D eigenvalue weighted by molar-refractivity contribution is 7.89. The fourth-order valence-electron chi connectivity index (χ4n) is 2.66. The van der Waals surface area contributed by atoms with Gasteiger partial charge in [-0.05, 0) is 35.9 Å². The second kappa shape index (κ2) is 9.60. The smallest absolute Gasteiger partial charge is 0.251 e. The zero-order valence-electron chi connectivity index (χ0n) is 15.8. The molecule has 9 heteroatoms. The maximum absolute atomic E-state index is 12.9. The lowest BCUT2D eigenvalue weighted by Crippen LogP contribution is -2.31. The van der Waals surface area contributed by atoms with Gasteiger partial charge < -0.3 is 10.1 Å². The van der Waals surface area contributed by atoms with E-state index in [4.69, 9.17) is 27.9 Å². The second-order valence-electron chi connectivity index (χ2n) is 5.87. The summed E-state index contributed by atoms with van der Waals surface area (Å²) in [7, 11) is -2.40. The van der Waals surface area contributed by atoms with Crippen molar-refractivity contribution in [2.45, 2.75) is 25.3 Å². The number of nitrogens with one attached hydrogen (secondary N) is 1. The van der Waals surface area contributed by atoms with E-state index in [2.05, 4.69) is 5.32 Å². The maximum atomic E-state index is 12.9. The number of rotatable bonds is 8. The third kappa shape index (κ3) is 4.97. The number of amides is 1. The number of carbonyl (C=O) groups excluding carboxylic acids is 1. The van der Waals surface area contributed by atoms with Gasteiger partial charge in [-0.15, -0.1) is 0 Å². The summed E-state index contributed by atoms with van der Waals surface area (Å²) in [5.41, 5.74) is 0.903.